The van der Waals surface area contributed by atoms with Gasteiger partial charge < -0.3 is 5.73 Å². The monoisotopic (exact) mass is 169 g/mol. The lowest BCUT2D eigenvalue weighted by molar-refractivity contribution is 0.403. The van der Waals surface area contributed by atoms with E-state index in [1.165, 1.54) is 12.0 Å². The Kier molecular flexibility index (Phi) is 5.23. The van der Waals surface area contributed by atoms with E-state index in [2.05, 4.69) is 34.3 Å². The van der Waals surface area contributed by atoms with Crippen LogP contribution >= 0.6 is 0 Å². The lowest BCUT2D eigenvalue weighted by atomic mass is 9.89. The van der Waals surface area contributed by atoms with Crippen LogP contribution in [0.15, 0.2) is 12.2 Å². The highest BCUT2D eigenvalue weighted by atomic mass is 14.6. The van der Waals surface area contributed by atoms with Gasteiger partial charge in [0.15, 0.2) is 0 Å². The second kappa shape index (κ2) is 5.36. The molecule has 1 nitrogen and oxygen atoms in total. The molecule has 72 valence electrons. The van der Waals surface area contributed by atoms with Crippen molar-refractivity contribution in [3.05, 3.63) is 12.2 Å². The third-order valence-electron chi connectivity index (χ3n) is 2.37. The lowest BCUT2D eigenvalue weighted by Gasteiger charge is -2.18. The second-order valence-corrected chi connectivity index (χ2v) is 4.30. The van der Waals surface area contributed by atoms with Gasteiger partial charge in [0.1, 0.15) is 0 Å². The van der Waals surface area contributed by atoms with E-state index in [9.17, 15) is 0 Å². The molecule has 0 heterocycles. The molecule has 0 aromatic heterocycles. The first kappa shape index (κ1) is 11.7. The molecule has 0 aliphatic heterocycles. The zero-order chi connectivity index (χ0) is 9.72. The number of rotatable bonds is 5. The summed E-state index contributed by atoms with van der Waals surface area (Å²) in [5.74, 6) is 1.36. The van der Waals surface area contributed by atoms with Gasteiger partial charge in [0.05, 0.1) is 0 Å². The molecule has 0 bridgehead atoms. The zero-order valence-electron chi connectivity index (χ0n) is 8.93. The predicted octanol–water partition coefficient (Wildman–Crippen LogP) is 2.96. The Labute approximate surface area is 77.0 Å². The molecule has 0 aromatic carbocycles. The molecule has 0 fully saturated rings. The Hall–Kier alpha value is -0.300. The molecule has 0 saturated carbocycles. The largest absolute Gasteiger partial charge is 0.328 e. The number of hydrogen-bond donors (Lipinski definition) is 1. The number of allylic oxidation sites excluding steroid dienone is 1. The minimum absolute atomic E-state index is 0.331. The molecule has 0 spiro atoms. The van der Waals surface area contributed by atoms with Crippen LogP contribution in [0.1, 0.15) is 40.5 Å². The van der Waals surface area contributed by atoms with E-state index in [1.807, 2.05) is 0 Å². The van der Waals surface area contributed by atoms with E-state index in [0.717, 1.165) is 12.3 Å². The first-order chi connectivity index (χ1) is 5.43. The molecular weight excluding hydrogens is 146 g/mol. The van der Waals surface area contributed by atoms with Crippen molar-refractivity contribution in [1.82, 2.24) is 0 Å². The van der Waals surface area contributed by atoms with Gasteiger partial charge in [-0.3, -0.25) is 0 Å². The van der Waals surface area contributed by atoms with E-state index < -0.39 is 0 Å². The van der Waals surface area contributed by atoms with E-state index >= 15 is 0 Å². The molecule has 0 radical (unpaired) electrons. The molecule has 0 aliphatic carbocycles. The summed E-state index contributed by atoms with van der Waals surface area (Å²) >= 11 is 0. The highest BCUT2D eigenvalue weighted by Crippen LogP contribution is 2.20. The maximum absolute atomic E-state index is 5.72. The van der Waals surface area contributed by atoms with Gasteiger partial charge in [-0.2, -0.15) is 0 Å². The maximum Gasteiger partial charge on any atom is 0.00130 e. The number of hydrogen-bond acceptors (Lipinski definition) is 1. The molecule has 0 aromatic rings. The van der Waals surface area contributed by atoms with Crippen molar-refractivity contribution in [1.29, 1.82) is 0 Å². The highest BCUT2D eigenvalue weighted by molar-refractivity contribution is 4.94. The average molecular weight is 169 g/mol. The Bertz CT molecular complexity index is 138. The van der Waals surface area contributed by atoms with Crippen LogP contribution < -0.4 is 5.73 Å². The van der Waals surface area contributed by atoms with Gasteiger partial charge >= 0.3 is 0 Å². The predicted molar refractivity (Wildman–Crippen MR) is 56.0 cm³/mol. The summed E-state index contributed by atoms with van der Waals surface area (Å²) in [6, 6.07) is 0.331. The second-order valence-electron chi connectivity index (χ2n) is 4.30. The minimum atomic E-state index is 0.331. The summed E-state index contributed by atoms with van der Waals surface area (Å²) in [6.07, 6.45) is 2.34. The van der Waals surface area contributed by atoms with Crippen molar-refractivity contribution >= 4 is 0 Å². The van der Waals surface area contributed by atoms with Gasteiger partial charge in [0, 0.05) is 6.04 Å². The van der Waals surface area contributed by atoms with E-state index in [1.54, 1.807) is 0 Å². The third-order valence-corrected chi connectivity index (χ3v) is 2.37. The third kappa shape index (κ3) is 5.36. The molecular formula is C11H23N. The summed E-state index contributed by atoms with van der Waals surface area (Å²) in [6.45, 7) is 12.6. The van der Waals surface area contributed by atoms with E-state index in [4.69, 9.17) is 5.73 Å². The molecule has 0 aliphatic rings. The summed E-state index contributed by atoms with van der Waals surface area (Å²) < 4.78 is 0. The van der Waals surface area contributed by atoms with Gasteiger partial charge in [-0.05, 0) is 38.5 Å². The Balaban J connectivity index is 3.68. The fourth-order valence-electron chi connectivity index (χ4n) is 1.54. The van der Waals surface area contributed by atoms with Crippen LogP contribution in [0, 0.1) is 11.8 Å². The Morgan fingerprint density at radius 3 is 2.08 bits per heavy atom. The summed E-state index contributed by atoms with van der Waals surface area (Å²) in [5, 5.41) is 0. The topological polar surface area (TPSA) is 26.0 Å². The molecule has 12 heavy (non-hydrogen) atoms. The average Bonchev–Trinajstić information content (AvgIpc) is 1.84. The molecule has 3 atom stereocenters. The van der Waals surface area contributed by atoms with Crippen molar-refractivity contribution in [2.24, 2.45) is 17.6 Å². The van der Waals surface area contributed by atoms with Gasteiger partial charge in [-0.15, -0.1) is 0 Å². The van der Waals surface area contributed by atoms with Crippen molar-refractivity contribution in [2.45, 2.75) is 46.6 Å². The van der Waals surface area contributed by atoms with Crippen LogP contribution in [0.5, 0.6) is 0 Å². The molecule has 0 saturated heterocycles. The fourth-order valence-corrected chi connectivity index (χ4v) is 1.54. The molecule has 2 N–H and O–H groups in total. The normalized spacial score (nSPS) is 18.4. The van der Waals surface area contributed by atoms with Crippen LogP contribution in [0.25, 0.3) is 0 Å². The van der Waals surface area contributed by atoms with E-state index in [0.29, 0.717) is 12.0 Å². The molecule has 2 unspecified atom stereocenters. The van der Waals surface area contributed by atoms with Crippen LogP contribution in [-0.2, 0) is 0 Å². The van der Waals surface area contributed by atoms with Gasteiger partial charge in [0.2, 0.25) is 0 Å². The van der Waals surface area contributed by atoms with Crippen LogP contribution in [0.2, 0.25) is 0 Å². The lowest BCUT2D eigenvalue weighted by Crippen LogP contribution is -2.19. The minimum Gasteiger partial charge on any atom is -0.328 e. The maximum atomic E-state index is 5.72. The smallest absolute Gasteiger partial charge is 0.00130 e. The summed E-state index contributed by atoms with van der Waals surface area (Å²) in [4.78, 5) is 0. The van der Waals surface area contributed by atoms with Crippen molar-refractivity contribution in [2.75, 3.05) is 0 Å². The zero-order valence-corrected chi connectivity index (χ0v) is 8.93. The molecule has 0 amide bonds. The van der Waals surface area contributed by atoms with Crippen LogP contribution in [0.3, 0.4) is 0 Å². The fraction of sp³-hybridized carbons (Fsp3) is 0.818. The Morgan fingerprint density at radius 1 is 1.25 bits per heavy atom. The first-order valence-electron chi connectivity index (χ1n) is 4.84. The summed E-state index contributed by atoms with van der Waals surface area (Å²) in [5.41, 5.74) is 7.01. The van der Waals surface area contributed by atoms with E-state index in [-0.39, 0.29) is 0 Å². The molecule has 0 rings (SSSR count). The summed E-state index contributed by atoms with van der Waals surface area (Å²) in [7, 11) is 0. The SMILES string of the molecule is C=C(C)C(C)C[C@@H](C)CC(C)N. The number of nitrogens with two attached hydrogens (primary N) is 1. The molecule has 1 heteroatoms. The Morgan fingerprint density at radius 2 is 1.75 bits per heavy atom. The standard InChI is InChI=1S/C11H23N/c1-8(2)10(4)6-9(3)7-11(5)12/h9-11H,1,6-7,12H2,2-5H3/t9-,10?,11?/m1/s1. The van der Waals surface area contributed by atoms with Crippen molar-refractivity contribution in [3.63, 3.8) is 0 Å². The van der Waals surface area contributed by atoms with Gasteiger partial charge in [-0.25, -0.2) is 0 Å². The van der Waals surface area contributed by atoms with Crippen LogP contribution in [0.4, 0.5) is 0 Å². The van der Waals surface area contributed by atoms with Crippen LogP contribution in [-0.4, -0.2) is 6.04 Å². The van der Waals surface area contributed by atoms with Gasteiger partial charge in [0.25, 0.3) is 0 Å². The quantitative estimate of drug-likeness (QED) is 0.629. The van der Waals surface area contributed by atoms with Gasteiger partial charge in [-0.1, -0.05) is 26.0 Å². The highest BCUT2D eigenvalue weighted by Gasteiger charge is 2.10. The van der Waals surface area contributed by atoms with Crippen molar-refractivity contribution < 1.29 is 0 Å². The first-order valence-corrected chi connectivity index (χ1v) is 4.84. The van der Waals surface area contributed by atoms with Crippen molar-refractivity contribution in [3.8, 4) is 0 Å².